The minimum atomic E-state index is -4.66. The van der Waals surface area contributed by atoms with Crippen molar-refractivity contribution < 1.29 is 35.9 Å². The first-order valence-corrected chi connectivity index (χ1v) is 12.4. The molecule has 0 amide bonds. The molecule has 184 valence electrons. The SMILES string of the molecule is CCC1CN(c2ccc(C(F)(F)F)cc2F)CCN1S(=O)(=O)c1ccc2c(c1)C(C(=O)O)CC2. The molecule has 1 aliphatic carbocycles. The monoisotopic (exact) mass is 500 g/mol. The number of anilines is 1. The van der Waals surface area contributed by atoms with Crippen molar-refractivity contribution in [3.63, 3.8) is 0 Å². The lowest BCUT2D eigenvalue weighted by molar-refractivity contribution is -0.139. The van der Waals surface area contributed by atoms with E-state index in [4.69, 9.17) is 0 Å². The molecule has 1 fully saturated rings. The summed E-state index contributed by atoms with van der Waals surface area (Å²) in [4.78, 5) is 13.1. The van der Waals surface area contributed by atoms with Gasteiger partial charge in [-0.3, -0.25) is 4.79 Å². The third-order valence-corrected chi connectivity index (χ3v) is 8.56. The van der Waals surface area contributed by atoms with E-state index >= 15 is 0 Å². The number of hydrogen-bond donors (Lipinski definition) is 1. The van der Waals surface area contributed by atoms with Gasteiger partial charge in [-0.15, -0.1) is 0 Å². The van der Waals surface area contributed by atoms with Crippen LogP contribution >= 0.6 is 0 Å². The van der Waals surface area contributed by atoms with Gasteiger partial charge in [0.25, 0.3) is 0 Å². The molecule has 0 saturated carbocycles. The highest BCUT2D eigenvalue weighted by Crippen LogP contribution is 2.37. The summed E-state index contributed by atoms with van der Waals surface area (Å²) in [6, 6.07) is 6.36. The summed E-state index contributed by atoms with van der Waals surface area (Å²) in [5, 5.41) is 9.45. The minimum absolute atomic E-state index is 0.00649. The van der Waals surface area contributed by atoms with Gasteiger partial charge in [0.05, 0.1) is 22.1 Å². The van der Waals surface area contributed by atoms with Gasteiger partial charge in [-0.05, 0) is 60.7 Å². The van der Waals surface area contributed by atoms with E-state index in [1.54, 1.807) is 17.9 Å². The Morgan fingerprint density at radius 2 is 1.88 bits per heavy atom. The molecule has 0 aromatic heterocycles. The number of rotatable bonds is 5. The number of piperazine rings is 1. The standard InChI is InChI=1S/C23H24F4N2O4S/c1-2-16-13-28(21-8-5-15(11-20(21)24)23(25,26)27)9-10-29(16)34(32,33)17-6-3-14-4-7-18(22(30)31)19(14)12-17/h3,5-6,8,11-12,16,18H,2,4,7,9-10,13H2,1H3,(H,30,31). The van der Waals surface area contributed by atoms with E-state index in [1.165, 1.54) is 16.4 Å². The van der Waals surface area contributed by atoms with Crippen molar-refractivity contribution in [2.75, 3.05) is 24.5 Å². The summed E-state index contributed by atoms with van der Waals surface area (Å²) in [5.41, 5.74) is 0.233. The normalized spacial score (nSPS) is 21.5. The van der Waals surface area contributed by atoms with Gasteiger partial charge in [-0.1, -0.05) is 13.0 Å². The van der Waals surface area contributed by atoms with Crippen LogP contribution in [0.3, 0.4) is 0 Å². The van der Waals surface area contributed by atoms with Gasteiger partial charge in [-0.2, -0.15) is 17.5 Å². The van der Waals surface area contributed by atoms with E-state index in [0.29, 0.717) is 30.9 Å². The number of hydrogen-bond acceptors (Lipinski definition) is 4. The van der Waals surface area contributed by atoms with Crippen LogP contribution < -0.4 is 4.90 Å². The molecule has 2 aromatic carbocycles. The molecule has 0 radical (unpaired) electrons. The fourth-order valence-electron chi connectivity index (χ4n) is 4.78. The molecule has 1 saturated heterocycles. The fraction of sp³-hybridized carbons (Fsp3) is 0.435. The van der Waals surface area contributed by atoms with Gasteiger partial charge in [0.15, 0.2) is 0 Å². The van der Waals surface area contributed by atoms with Crippen LogP contribution in [0, 0.1) is 5.82 Å². The maximum atomic E-state index is 14.5. The second-order valence-corrected chi connectivity index (χ2v) is 10.5. The predicted molar refractivity (Wildman–Crippen MR) is 117 cm³/mol. The molecule has 0 spiro atoms. The zero-order valence-corrected chi connectivity index (χ0v) is 19.2. The number of carbonyl (C=O) groups is 1. The number of carboxylic acids is 1. The molecule has 2 aliphatic rings. The van der Waals surface area contributed by atoms with Crippen LogP contribution in [-0.2, 0) is 27.4 Å². The maximum absolute atomic E-state index is 14.5. The predicted octanol–water partition coefficient (Wildman–Crippen LogP) is 4.25. The Balaban J connectivity index is 1.58. The van der Waals surface area contributed by atoms with Crippen molar-refractivity contribution >= 4 is 21.7 Å². The number of carboxylic acid groups (broad SMARTS) is 1. The third kappa shape index (κ3) is 4.38. The molecule has 1 N–H and O–H groups in total. The van der Waals surface area contributed by atoms with Gasteiger partial charge in [0.1, 0.15) is 5.82 Å². The van der Waals surface area contributed by atoms with Crippen LogP contribution in [0.2, 0.25) is 0 Å². The number of aryl methyl sites for hydroxylation is 1. The molecule has 6 nitrogen and oxygen atoms in total. The fourth-order valence-corrected chi connectivity index (χ4v) is 6.50. The number of fused-ring (bicyclic) bond motifs is 1. The molecular weight excluding hydrogens is 476 g/mol. The van der Waals surface area contributed by atoms with Crippen LogP contribution in [0.15, 0.2) is 41.3 Å². The van der Waals surface area contributed by atoms with Gasteiger partial charge in [0.2, 0.25) is 10.0 Å². The van der Waals surface area contributed by atoms with Crippen LogP contribution in [0.5, 0.6) is 0 Å². The number of alkyl halides is 3. The molecular formula is C23H24F4N2O4S. The highest BCUT2D eigenvalue weighted by Gasteiger charge is 2.38. The van der Waals surface area contributed by atoms with Crippen molar-refractivity contribution in [1.29, 1.82) is 0 Å². The van der Waals surface area contributed by atoms with Crippen LogP contribution in [0.25, 0.3) is 0 Å². The van der Waals surface area contributed by atoms with E-state index in [-0.39, 0.29) is 30.2 Å². The molecule has 2 aromatic rings. The number of aliphatic carboxylic acids is 1. The Labute approximate surface area is 194 Å². The molecule has 1 heterocycles. The van der Waals surface area contributed by atoms with Gasteiger partial charge in [0, 0.05) is 25.7 Å². The molecule has 34 heavy (non-hydrogen) atoms. The minimum Gasteiger partial charge on any atom is -0.481 e. The first-order chi connectivity index (χ1) is 15.9. The van der Waals surface area contributed by atoms with Gasteiger partial charge < -0.3 is 10.0 Å². The summed E-state index contributed by atoms with van der Waals surface area (Å²) < 4.78 is 81.3. The lowest BCUT2D eigenvalue weighted by atomic mass is 10.0. The zero-order valence-electron chi connectivity index (χ0n) is 18.3. The molecule has 11 heteroatoms. The van der Waals surface area contributed by atoms with Crippen molar-refractivity contribution in [1.82, 2.24) is 4.31 Å². The second kappa shape index (κ2) is 8.84. The average molecular weight is 501 g/mol. The Morgan fingerprint density at radius 3 is 2.50 bits per heavy atom. The maximum Gasteiger partial charge on any atom is 0.416 e. The first-order valence-electron chi connectivity index (χ1n) is 10.9. The molecule has 0 bridgehead atoms. The highest BCUT2D eigenvalue weighted by molar-refractivity contribution is 7.89. The van der Waals surface area contributed by atoms with E-state index in [9.17, 15) is 35.9 Å². The number of halogens is 4. The van der Waals surface area contributed by atoms with E-state index in [2.05, 4.69) is 0 Å². The summed E-state index contributed by atoms with van der Waals surface area (Å²) >= 11 is 0. The van der Waals surface area contributed by atoms with Crippen LogP contribution in [-0.4, -0.2) is 49.5 Å². The summed E-state index contributed by atoms with van der Waals surface area (Å²) in [6.45, 7) is 2.01. The number of nitrogens with zero attached hydrogens (tertiary/aromatic N) is 2. The van der Waals surface area contributed by atoms with E-state index in [0.717, 1.165) is 17.7 Å². The van der Waals surface area contributed by atoms with Crippen LogP contribution in [0.1, 0.15) is 42.4 Å². The summed E-state index contributed by atoms with van der Waals surface area (Å²) in [7, 11) is -3.96. The number of sulfonamides is 1. The largest absolute Gasteiger partial charge is 0.481 e. The van der Waals surface area contributed by atoms with E-state index in [1.807, 2.05) is 0 Å². The Morgan fingerprint density at radius 1 is 1.15 bits per heavy atom. The average Bonchev–Trinajstić information content (AvgIpc) is 3.21. The molecule has 2 atom stereocenters. The van der Waals surface area contributed by atoms with Crippen molar-refractivity contribution in [3.8, 4) is 0 Å². The summed E-state index contributed by atoms with van der Waals surface area (Å²) in [5.74, 6) is -2.75. The van der Waals surface area contributed by atoms with Crippen molar-refractivity contribution in [2.45, 2.75) is 49.2 Å². The van der Waals surface area contributed by atoms with Crippen LogP contribution in [0.4, 0.5) is 23.2 Å². The third-order valence-electron chi connectivity index (χ3n) is 6.62. The number of benzene rings is 2. The molecule has 2 unspecified atom stereocenters. The summed E-state index contributed by atoms with van der Waals surface area (Å²) in [6.07, 6.45) is -3.26. The van der Waals surface area contributed by atoms with Gasteiger partial charge >= 0.3 is 12.1 Å². The Hall–Kier alpha value is -2.66. The zero-order chi connectivity index (χ0) is 24.8. The topological polar surface area (TPSA) is 77.9 Å². The van der Waals surface area contributed by atoms with E-state index < -0.39 is 45.5 Å². The smallest absolute Gasteiger partial charge is 0.416 e. The highest BCUT2D eigenvalue weighted by atomic mass is 32.2. The van der Waals surface area contributed by atoms with Crippen molar-refractivity contribution in [3.05, 3.63) is 58.9 Å². The molecule has 1 aliphatic heterocycles. The molecule has 4 rings (SSSR count). The Bertz CT molecular complexity index is 1220. The first kappa shape index (κ1) is 24.5. The quantitative estimate of drug-likeness (QED) is 0.622. The lowest BCUT2D eigenvalue weighted by Gasteiger charge is -2.41. The van der Waals surface area contributed by atoms with Crippen molar-refractivity contribution in [2.24, 2.45) is 0 Å². The Kier molecular flexibility index (Phi) is 6.36. The van der Waals surface area contributed by atoms with Gasteiger partial charge in [-0.25, -0.2) is 12.8 Å². The lowest BCUT2D eigenvalue weighted by Crippen LogP contribution is -2.55. The second-order valence-electron chi connectivity index (χ2n) is 8.58.